The number of rotatable bonds is 13. The Morgan fingerprint density at radius 3 is 2.08 bits per heavy atom. The van der Waals surface area contributed by atoms with Crippen LogP contribution in [0.2, 0.25) is 0 Å². The number of aliphatic hydroxyl groups excluding tert-OH is 8. The van der Waals surface area contributed by atoms with Crippen LogP contribution in [0, 0.1) is 17.8 Å². The molecule has 284 valence electrons. The third-order valence-electron chi connectivity index (χ3n) is 10.1. The summed E-state index contributed by atoms with van der Waals surface area (Å²) in [6.07, 6.45) is -11.8. The molecule has 3 fully saturated rings. The number of esters is 2. The van der Waals surface area contributed by atoms with Crippen LogP contribution < -0.4 is 0 Å². The predicted octanol–water partition coefficient (Wildman–Crippen LogP) is -2.11. The lowest BCUT2D eigenvalue weighted by molar-refractivity contribution is -0.342. The van der Waals surface area contributed by atoms with Crippen LogP contribution in [-0.2, 0) is 42.7 Å². The van der Waals surface area contributed by atoms with Gasteiger partial charge in [0.25, 0.3) is 0 Å². The highest BCUT2D eigenvalue weighted by Gasteiger charge is 2.55. The monoisotopic (exact) mass is 718 g/mol. The molecule has 0 amide bonds. The lowest BCUT2D eigenvalue weighted by Gasteiger charge is -2.43. The molecule has 0 bridgehead atoms. The molecule has 16 unspecified atom stereocenters. The number of ether oxygens (including phenoxy) is 7. The Labute approximate surface area is 289 Å². The number of carbonyl (C=O) groups excluding carboxylic acids is 2. The molecule has 1 aliphatic carbocycles. The first-order chi connectivity index (χ1) is 23.6. The molecule has 4 aliphatic rings. The summed E-state index contributed by atoms with van der Waals surface area (Å²) in [5.74, 6) is -2.92. The lowest BCUT2D eigenvalue weighted by Crippen LogP contribution is -2.60. The summed E-state index contributed by atoms with van der Waals surface area (Å²) in [6.45, 7) is 7.50. The Hall–Kier alpha value is -2.52. The summed E-state index contributed by atoms with van der Waals surface area (Å²) in [5, 5.41) is 80.4. The molecule has 2 saturated heterocycles. The Morgan fingerprint density at radius 1 is 0.940 bits per heavy atom. The van der Waals surface area contributed by atoms with Crippen molar-refractivity contribution >= 4 is 11.9 Å². The minimum absolute atomic E-state index is 0.187. The smallest absolute Gasteiger partial charge is 0.337 e. The highest BCUT2D eigenvalue weighted by molar-refractivity contribution is 5.89. The summed E-state index contributed by atoms with van der Waals surface area (Å²) < 4.78 is 39.3. The topological polar surface area (TPSA) is 261 Å². The first-order valence-electron chi connectivity index (χ1n) is 16.5. The van der Waals surface area contributed by atoms with Crippen LogP contribution in [-0.4, -0.2) is 153 Å². The van der Waals surface area contributed by atoms with E-state index in [0.717, 1.165) is 0 Å². The van der Waals surface area contributed by atoms with Crippen molar-refractivity contribution in [2.45, 2.75) is 119 Å². The van der Waals surface area contributed by atoms with Gasteiger partial charge in [0.05, 0.1) is 37.8 Å². The number of aliphatic hydroxyl groups is 8. The fourth-order valence-corrected chi connectivity index (χ4v) is 6.76. The zero-order chi connectivity index (χ0) is 37.1. The van der Waals surface area contributed by atoms with Crippen LogP contribution in [0.5, 0.6) is 0 Å². The van der Waals surface area contributed by atoms with Gasteiger partial charge in [0.1, 0.15) is 54.9 Å². The maximum Gasteiger partial charge on any atom is 0.337 e. The van der Waals surface area contributed by atoms with E-state index >= 15 is 0 Å². The van der Waals surface area contributed by atoms with E-state index in [1.54, 1.807) is 26.8 Å². The fraction of sp³-hybridized carbons (Fsp3) is 0.758. The summed E-state index contributed by atoms with van der Waals surface area (Å²) in [4.78, 5) is 25.9. The SMILES string of the molecule is C=CC(C)(CCC=C(C)C(=O)OC1CC2C(C(=O)OC)=COC(OC3OC(CO)C(O)C(O)C3O)C2C1C)OC1OC(CO)C(O)C(O)C1O. The number of hydrogen-bond donors (Lipinski definition) is 8. The van der Waals surface area contributed by atoms with Crippen molar-refractivity contribution in [2.75, 3.05) is 20.3 Å². The molecule has 1 saturated carbocycles. The molecular formula is C33H50O17. The third kappa shape index (κ3) is 8.40. The first kappa shape index (κ1) is 40.3. The van der Waals surface area contributed by atoms with Crippen molar-refractivity contribution < 1.29 is 83.6 Å². The van der Waals surface area contributed by atoms with E-state index < -0.39 is 122 Å². The zero-order valence-electron chi connectivity index (χ0n) is 28.4. The number of allylic oxidation sites excluding steroid dienone is 1. The average molecular weight is 719 g/mol. The Balaban J connectivity index is 1.41. The summed E-state index contributed by atoms with van der Waals surface area (Å²) in [7, 11) is 1.21. The van der Waals surface area contributed by atoms with E-state index in [2.05, 4.69) is 6.58 Å². The van der Waals surface area contributed by atoms with Crippen LogP contribution in [0.15, 0.2) is 36.1 Å². The van der Waals surface area contributed by atoms with Crippen LogP contribution >= 0.6 is 0 Å². The molecule has 16 atom stereocenters. The number of methoxy groups -OCH3 is 1. The second-order valence-corrected chi connectivity index (χ2v) is 13.4. The van der Waals surface area contributed by atoms with Crippen molar-refractivity contribution in [2.24, 2.45) is 17.8 Å². The highest BCUT2D eigenvalue weighted by atomic mass is 16.8. The van der Waals surface area contributed by atoms with Gasteiger partial charge in [0.15, 0.2) is 12.6 Å². The van der Waals surface area contributed by atoms with E-state index in [0.29, 0.717) is 0 Å². The molecule has 0 aromatic heterocycles. The van der Waals surface area contributed by atoms with Gasteiger partial charge in [-0.1, -0.05) is 19.1 Å². The van der Waals surface area contributed by atoms with Gasteiger partial charge in [-0.25, -0.2) is 9.59 Å². The highest BCUT2D eigenvalue weighted by Crippen LogP contribution is 2.49. The predicted molar refractivity (Wildman–Crippen MR) is 167 cm³/mol. The molecule has 0 radical (unpaired) electrons. The number of hydrogen-bond acceptors (Lipinski definition) is 17. The Bertz CT molecular complexity index is 1250. The van der Waals surface area contributed by atoms with E-state index in [4.69, 9.17) is 33.2 Å². The average Bonchev–Trinajstić information content (AvgIpc) is 3.43. The molecule has 3 heterocycles. The van der Waals surface area contributed by atoms with Gasteiger partial charge in [-0.05, 0) is 33.1 Å². The van der Waals surface area contributed by atoms with E-state index in [1.807, 2.05) is 0 Å². The molecule has 50 heavy (non-hydrogen) atoms. The standard InChI is InChI=1S/C33H50O17/c1-6-33(4,50-32-27(41)25(39)23(37)20(12-35)48-32)9-7-8-14(2)28(42)46-18-10-16-17(29(43)44-5)13-45-30(21(16)15(18)3)49-31-26(40)24(38)22(36)19(11-34)47-31/h6,8,13,15-16,18-27,30-32,34-41H,1,7,9-12H2,2-5H3. The van der Waals surface area contributed by atoms with E-state index in [9.17, 15) is 50.4 Å². The molecule has 8 N–H and O–H groups in total. The van der Waals surface area contributed by atoms with Crippen LogP contribution in [0.25, 0.3) is 0 Å². The van der Waals surface area contributed by atoms with Crippen molar-refractivity contribution in [3.05, 3.63) is 36.1 Å². The van der Waals surface area contributed by atoms with E-state index in [1.165, 1.54) is 19.4 Å². The fourth-order valence-electron chi connectivity index (χ4n) is 6.76. The molecule has 4 rings (SSSR count). The third-order valence-corrected chi connectivity index (χ3v) is 10.1. The normalized spacial score (nSPS) is 41.6. The maximum atomic E-state index is 13.3. The lowest BCUT2D eigenvalue weighted by atomic mass is 9.83. The maximum absolute atomic E-state index is 13.3. The van der Waals surface area contributed by atoms with Gasteiger partial charge in [0, 0.05) is 23.3 Å². The quantitative estimate of drug-likeness (QED) is 0.0575. The summed E-state index contributed by atoms with van der Waals surface area (Å²) in [6, 6.07) is 0. The molecule has 17 nitrogen and oxygen atoms in total. The molecule has 0 aromatic rings. The van der Waals surface area contributed by atoms with Crippen LogP contribution in [0.4, 0.5) is 0 Å². The first-order valence-corrected chi connectivity index (χ1v) is 16.5. The number of fused-ring (bicyclic) bond motifs is 1. The van der Waals surface area contributed by atoms with Gasteiger partial charge < -0.3 is 74.0 Å². The number of carbonyl (C=O) groups is 2. The molecular weight excluding hydrogens is 668 g/mol. The minimum atomic E-state index is -1.69. The second kappa shape index (κ2) is 16.9. The second-order valence-electron chi connectivity index (χ2n) is 13.4. The van der Waals surface area contributed by atoms with Gasteiger partial charge in [-0.15, -0.1) is 6.58 Å². The molecule has 0 spiro atoms. The minimum Gasteiger partial charge on any atom is -0.472 e. The van der Waals surface area contributed by atoms with Crippen LogP contribution in [0.3, 0.4) is 0 Å². The van der Waals surface area contributed by atoms with Gasteiger partial charge in [-0.2, -0.15) is 0 Å². The van der Waals surface area contributed by atoms with Crippen molar-refractivity contribution in [1.29, 1.82) is 0 Å². The summed E-state index contributed by atoms with van der Waals surface area (Å²) in [5.41, 5.74) is -0.663. The Kier molecular flexibility index (Phi) is 13.6. The Morgan fingerprint density at radius 2 is 1.52 bits per heavy atom. The molecule has 3 aliphatic heterocycles. The van der Waals surface area contributed by atoms with Crippen LogP contribution in [0.1, 0.15) is 40.0 Å². The van der Waals surface area contributed by atoms with Crippen molar-refractivity contribution in [3.8, 4) is 0 Å². The van der Waals surface area contributed by atoms with Gasteiger partial charge in [0.2, 0.25) is 6.29 Å². The summed E-state index contributed by atoms with van der Waals surface area (Å²) >= 11 is 0. The molecule has 0 aromatic carbocycles. The van der Waals surface area contributed by atoms with Gasteiger partial charge >= 0.3 is 11.9 Å². The van der Waals surface area contributed by atoms with Crippen molar-refractivity contribution in [1.82, 2.24) is 0 Å². The zero-order valence-corrected chi connectivity index (χ0v) is 28.4. The largest absolute Gasteiger partial charge is 0.472 e. The van der Waals surface area contributed by atoms with Crippen molar-refractivity contribution in [3.63, 3.8) is 0 Å². The van der Waals surface area contributed by atoms with E-state index in [-0.39, 0.29) is 30.4 Å². The van der Waals surface area contributed by atoms with Gasteiger partial charge in [-0.3, -0.25) is 0 Å². The molecule has 17 heteroatoms.